The molecule has 0 bridgehead atoms. The summed E-state index contributed by atoms with van der Waals surface area (Å²) in [6.45, 7) is 5.82. The average Bonchev–Trinajstić information content (AvgIpc) is 2.52. The molecule has 1 aromatic rings. The van der Waals surface area contributed by atoms with Crippen LogP contribution < -0.4 is 5.43 Å². The number of nitrogens with one attached hydrogen (secondary N) is 1. The number of halogens is 1. The Balaban J connectivity index is 0.00000121. The molecule has 0 aliphatic carbocycles. The number of hydrogen-bond acceptors (Lipinski definition) is 2. The molecular weight excluding hydrogens is 218 g/mol. The Labute approximate surface area is 83.2 Å². The van der Waals surface area contributed by atoms with Crippen LogP contribution in [0.25, 0.3) is 0 Å². The Bertz CT molecular complexity index is 208. The minimum atomic E-state index is 0. The molecule has 12 heavy (non-hydrogen) atoms. The standard InChI is InChI=1S/C8H13N3.BrH/c1-3-8(4-2)10-11-6-5-9-7-11;/h3,5-8,10H,1,4H2,2H3;1H. The summed E-state index contributed by atoms with van der Waals surface area (Å²) in [5.74, 6) is 0. The van der Waals surface area contributed by atoms with Gasteiger partial charge in [0.2, 0.25) is 0 Å². The van der Waals surface area contributed by atoms with E-state index in [0.717, 1.165) is 6.42 Å². The van der Waals surface area contributed by atoms with Crippen LogP contribution in [0.15, 0.2) is 31.4 Å². The van der Waals surface area contributed by atoms with Crippen LogP contribution in [0.1, 0.15) is 13.3 Å². The molecule has 0 aromatic carbocycles. The number of rotatable bonds is 4. The van der Waals surface area contributed by atoms with E-state index in [2.05, 4.69) is 23.9 Å². The summed E-state index contributed by atoms with van der Waals surface area (Å²) in [5, 5.41) is 0. The van der Waals surface area contributed by atoms with Crippen LogP contribution in [0.5, 0.6) is 0 Å². The molecule has 1 heterocycles. The smallest absolute Gasteiger partial charge is 0.114 e. The monoisotopic (exact) mass is 231 g/mol. The third kappa shape index (κ3) is 3.09. The van der Waals surface area contributed by atoms with Crippen LogP contribution in [-0.2, 0) is 0 Å². The summed E-state index contributed by atoms with van der Waals surface area (Å²) >= 11 is 0. The molecule has 1 atom stereocenters. The van der Waals surface area contributed by atoms with Gasteiger partial charge < -0.3 is 5.43 Å². The van der Waals surface area contributed by atoms with Crippen molar-refractivity contribution in [2.24, 2.45) is 0 Å². The first kappa shape index (κ1) is 11.2. The summed E-state index contributed by atoms with van der Waals surface area (Å²) in [5.41, 5.74) is 3.19. The van der Waals surface area contributed by atoms with Gasteiger partial charge in [0.25, 0.3) is 0 Å². The zero-order valence-electron chi connectivity index (χ0n) is 7.10. The molecule has 1 rings (SSSR count). The summed E-state index contributed by atoms with van der Waals surface area (Å²) < 4.78 is 1.83. The molecule has 0 amide bonds. The van der Waals surface area contributed by atoms with Crippen LogP contribution in [-0.4, -0.2) is 15.7 Å². The number of hydrogen-bond donors (Lipinski definition) is 1. The van der Waals surface area contributed by atoms with Crippen molar-refractivity contribution < 1.29 is 0 Å². The Morgan fingerprint density at radius 1 is 1.75 bits per heavy atom. The van der Waals surface area contributed by atoms with E-state index >= 15 is 0 Å². The zero-order chi connectivity index (χ0) is 8.10. The first-order valence-electron chi connectivity index (χ1n) is 3.74. The number of aromatic nitrogens is 2. The van der Waals surface area contributed by atoms with Gasteiger partial charge in [-0.05, 0) is 6.42 Å². The average molecular weight is 232 g/mol. The van der Waals surface area contributed by atoms with Gasteiger partial charge in [-0.25, -0.2) is 4.98 Å². The van der Waals surface area contributed by atoms with Gasteiger partial charge in [-0.2, -0.15) is 0 Å². The van der Waals surface area contributed by atoms with Gasteiger partial charge in [0.05, 0.1) is 6.04 Å². The third-order valence-corrected chi connectivity index (χ3v) is 1.54. The molecular formula is C8H14BrN3. The molecule has 1 unspecified atom stereocenters. The molecule has 0 fully saturated rings. The van der Waals surface area contributed by atoms with Gasteiger partial charge in [0, 0.05) is 12.4 Å². The summed E-state index contributed by atoms with van der Waals surface area (Å²) in [6, 6.07) is 0.323. The van der Waals surface area contributed by atoms with Crippen LogP contribution in [0.3, 0.4) is 0 Å². The molecule has 0 saturated heterocycles. The maximum absolute atomic E-state index is 3.91. The van der Waals surface area contributed by atoms with Crippen molar-refractivity contribution in [2.75, 3.05) is 5.43 Å². The topological polar surface area (TPSA) is 29.9 Å². The molecule has 68 valence electrons. The van der Waals surface area contributed by atoms with Crippen molar-refractivity contribution in [3.63, 3.8) is 0 Å². The summed E-state index contributed by atoms with van der Waals surface area (Å²) in [4.78, 5) is 3.91. The fourth-order valence-electron chi connectivity index (χ4n) is 0.838. The van der Waals surface area contributed by atoms with Crippen molar-refractivity contribution in [2.45, 2.75) is 19.4 Å². The second-order valence-corrected chi connectivity index (χ2v) is 2.35. The van der Waals surface area contributed by atoms with Gasteiger partial charge in [-0.1, -0.05) is 13.0 Å². The van der Waals surface area contributed by atoms with Crippen molar-refractivity contribution in [3.8, 4) is 0 Å². The Hall–Kier alpha value is -0.770. The first-order valence-corrected chi connectivity index (χ1v) is 3.74. The maximum atomic E-state index is 3.91. The van der Waals surface area contributed by atoms with E-state index in [-0.39, 0.29) is 17.0 Å². The highest BCUT2D eigenvalue weighted by Crippen LogP contribution is 1.93. The van der Waals surface area contributed by atoms with Gasteiger partial charge in [-0.3, -0.25) is 4.68 Å². The van der Waals surface area contributed by atoms with Crippen LogP contribution in [0.4, 0.5) is 0 Å². The van der Waals surface area contributed by atoms with Gasteiger partial charge >= 0.3 is 0 Å². The SMILES string of the molecule is Br.C=CC(CC)Nn1ccnc1. The maximum Gasteiger partial charge on any atom is 0.114 e. The molecule has 0 spiro atoms. The molecule has 0 aliphatic heterocycles. The lowest BCUT2D eigenvalue weighted by Gasteiger charge is -2.13. The molecule has 1 N–H and O–H groups in total. The largest absolute Gasteiger partial charge is 0.318 e. The van der Waals surface area contributed by atoms with Gasteiger partial charge in [-0.15, -0.1) is 23.6 Å². The lowest BCUT2D eigenvalue weighted by Crippen LogP contribution is -2.23. The lowest BCUT2D eigenvalue weighted by molar-refractivity contribution is 0.713. The molecule has 4 heteroatoms. The lowest BCUT2D eigenvalue weighted by atomic mass is 10.2. The molecule has 0 saturated carbocycles. The Morgan fingerprint density at radius 3 is 2.92 bits per heavy atom. The van der Waals surface area contributed by atoms with Crippen LogP contribution in [0.2, 0.25) is 0 Å². The van der Waals surface area contributed by atoms with Gasteiger partial charge in [0.1, 0.15) is 6.33 Å². The zero-order valence-corrected chi connectivity index (χ0v) is 8.82. The minimum absolute atomic E-state index is 0. The van der Waals surface area contributed by atoms with E-state index in [4.69, 9.17) is 0 Å². The first-order chi connectivity index (χ1) is 5.36. The quantitative estimate of drug-likeness (QED) is 0.804. The van der Waals surface area contributed by atoms with Crippen LogP contribution in [0, 0.1) is 0 Å². The van der Waals surface area contributed by atoms with Crippen molar-refractivity contribution in [3.05, 3.63) is 31.4 Å². The highest BCUT2D eigenvalue weighted by Gasteiger charge is 1.97. The summed E-state index contributed by atoms with van der Waals surface area (Å²) in [6.07, 6.45) is 8.25. The van der Waals surface area contributed by atoms with E-state index in [9.17, 15) is 0 Å². The Morgan fingerprint density at radius 2 is 2.50 bits per heavy atom. The predicted octanol–water partition coefficient (Wildman–Crippen LogP) is 1.97. The van der Waals surface area contributed by atoms with E-state index < -0.39 is 0 Å². The predicted molar refractivity (Wildman–Crippen MR) is 56.2 cm³/mol. The second kappa shape index (κ2) is 5.83. The second-order valence-electron chi connectivity index (χ2n) is 2.35. The highest BCUT2D eigenvalue weighted by atomic mass is 79.9. The minimum Gasteiger partial charge on any atom is -0.318 e. The van der Waals surface area contributed by atoms with Crippen molar-refractivity contribution in [1.29, 1.82) is 0 Å². The fraction of sp³-hybridized carbons (Fsp3) is 0.375. The van der Waals surface area contributed by atoms with E-state index in [1.807, 2.05) is 16.9 Å². The van der Waals surface area contributed by atoms with Crippen LogP contribution >= 0.6 is 17.0 Å². The fourth-order valence-corrected chi connectivity index (χ4v) is 0.838. The summed E-state index contributed by atoms with van der Waals surface area (Å²) in [7, 11) is 0. The van der Waals surface area contributed by atoms with E-state index in [1.165, 1.54) is 0 Å². The highest BCUT2D eigenvalue weighted by molar-refractivity contribution is 8.93. The number of imidazole rings is 1. The third-order valence-electron chi connectivity index (χ3n) is 1.54. The molecule has 0 radical (unpaired) electrons. The van der Waals surface area contributed by atoms with E-state index in [1.54, 1.807) is 12.5 Å². The Kier molecular flexibility index (Phi) is 5.45. The van der Waals surface area contributed by atoms with Gasteiger partial charge in [0.15, 0.2) is 0 Å². The van der Waals surface area contributed by atoms with Crippen molar-refractivity contribution >= 4 is 17.0 Å². The van der Waals surface area contributed by atoms with E-state index in [0.29, 0.717) is 6.04 Å². The molecule has 0 aliphatic rings. The molecule has 1 aromatic heterocycles. The normalized spacial score (nSPS) is 11.4. The van der Waals surface area contributed by atoms with Crippen molar-refractivity contribution in [1.82, 2.24) is 9.66 Å². The molecule has 3 nitrogen and oxygen atoms in total. The number of nitrogens with zero attached hydrogens (tertiary/aromatic N) is 2.